The van der Waals surface area contributed by atoms with Gasteiger partial charge < -0.3 is 4.74 Å². The molecule has 0 atom stereocenters. The molecule has 1 aliphatic carbocycles. The van der Waals surface area contributed by atoms with Crippen molar-refractivity contribution in [3.05, 3.63) is 84.7 Å². The zero-order valence-corrected chi connectivity index (χ0v) is 21.0. The standard InChI is InChI=1S/C30H36FOS/c1-29(2,3)30(21-13-5-4-6-14-22-30)32-28-23-26(19-20-27(28)31)33(24-15-9-7-10-16-24)25-17-11-8-12-18-25/h7-12,15-20,23H,4-6,13-14,21-22H2,1-3H3/q+1. The van der Waals surface area contributed by atoms with E-state index >= 15 is 4.39 Å². The molecule has 0 bridgehead atoms. The molecule has 3 aromatic rings. The van der Waals surface area contributed by atoms with Crippen molar-refractivity contribution in [3.8, 4) is 5.75 Å². The molecular formula is C30H36FOS+. The van der Waals surface area contributed by atoms with E-state index in [1.54, 1.807) is 6.07 Å². The molecule has 4 rings (SSSR count). The minimum absolute atomic E-state index is 0.0761. The fourth-order valence-electron chi connectivity index (χ4n) is 4.90. The topological polar surface area (TPSA) is 9.23 Å². The van der Waals surface area contributed by atoms with E-state index in [0.29, 0.717) is 5.75 Å². The fourth-order valence-corrected chi connectivity index (χ4v) is 7.01. The normalized spacial score (nSPS) is 16.8. The van der Waals surface area contributed by atoms with Crippen LogP contribution in [0.3, 0.4) is 0 Å². The second-order valence-corrected chi connectivity index (χ2v) is 12.2. The van der Waals surface area contributed by atoms with Gasteiger partial charge in [-0.25, -0.2) is 4.39 Å². The van der Waals surface area contributed by atoms with Crippen LogP contribution in [0.15, 0.2) is 93.5 Å². The number of ether oxygens (including phenoxy) is 1. The summed E-state index contributed by atoms with van der Waals surface area (Å²) in [7, 11) is -0.327. The molecule has 0 aromatic heterocycles. The van der Waals surface area contributed by atoms with Crippen molar-refractivity contribution in [2.75, 3.05) is 0 Å². The van der Waals surface area contributed by atoms with Gasteiger partial charge in [-0.15, -0.1) is 0 Å². The van der Waals surface area contributed by atoms with Gasteiger partial charge in [0.05, 0.1) is 10.9 Å². The first-order valence-corrected chi connectivity index (χ1v) is 13.5. The van der Waals surface area contributed by atoms with E-state index < -0.39 is 0 Å². The molecule has 0 heterocycles. The van der Waals surface area contributed by atoms with Crippen molar-refractivity contribution in [3.63, 3.8) is 0 Å². The molecule has 0 spiro atoms. The van der Waals surface area contributed by atoms with Crippen molar-refractivity contribution in [2.45, 2.75) is 86.0 Å². The lowest BCUT2D eigenvalue weighted by Crippen LogP contribution is -2.48. The summed E-state index contributed by atoms with van der Waals surface area (Å²) < 4.78 is 22.0. The minimum Gasteiger partial charge on any atom is -0.483 e. The Morgan fingerprint density at radius 3 is 1.73 bits per heavy atom. The second-order valence-electron chi connectivity index (χ2n) is 10.1. The number of hydrogen-bond acceptors (Lipinski definition) is 1. The third-order valence-corrected chi connectivity index (χ3v) is 9.14. The first kappa shape index (κ1) is 23.9. The predicted molar refractivity (Wildman–Crippen MR) is 137 cm³/mol. The van der Waals surface area contributed by atoms with E-state index in [2.05, 4.69) is 69.3 Å². The molecular weight excluding hydrogens is 427 g/mol. The van der Waals surface area contributed by atoms with Crippen LogP contribution < -0.4 is 4.74 Å². The van der Waals surface area contributed by atoms with Gasteiger partial charge in [0.2, 0.25) is 0 Å². The van der Waals surface area contributed by atoms with Gasteiger partial charge in [0, 0.05) is 11.5 Å². The van der Waals surface area contributed by atoms with Crippen molar-refractivity contribution in [1.82, 2.24) is 0 Å². The first-order valence-electron chi connectivity index (χ1n) is 12.2. The fraction of sp³-hybridized carbons (Fsp3) is 0.400. The monoisotopic (exact) mass is 463 g/mol. The quantitative estimate of drug-likeness (QED) is 0.343. The molecule has 3 heteroatoms. The molecule has 0 radical (unpaired) electrons. The van der Waals surface area contributed by atoms with Gasteiger partial charge in [0.1, 0.15) is 5.60 Å². The summed E-state index contributed by atoms with van der Waals surface area (Å²) in [6.07, 6.45) is 7.98. The van der Waals surface area contributed by atoms with Crippen LogP contribution in [0.5, 0.6) is 5.75 Å². The highest BCUT2D eigenvalue weighted by molar-refractivity contribution is 7.97. The van der Waals surface area contributed by atoms with E-state index in [4.69, 9.17) is 4.74 Å². The highest BCUT2D eigenvalue weighted by Crippen LogP contribution is 2.45. The molecule has 0 amide bonds. The Labute approximate surface area is 201 Å². The van der Waals surface area contributed by atoms with E-state index in [1.807, 2.05) is 24.3 Å². The van der Waals surface area contributed by atoms with Crippen molar-refractivity contribution in [2.24, 2.45) is 5.41 Å². The van der Waals surface area contributed by atoms with Gasteiger partial charge in [0.15, 0.2) is 26.3 Å². The van der Waals surface area contributed by atoms with Crippen molar-refractivity contribution >= 4 is 10.9 Å². The van der Waals surface area contributed by atoms with E-state index in [-0.39, 0.29) is 27.7 Å². The maximum Gasteiger partial charge on any atom is 0.170 e. The third kappa shape index (κ3) is 5.46. The second kappa shape index (κ2) is 10.3. The molecule has 1 saturated carbocycles. The Kier molecular flexibility index (Phi) is 7.48. The number of halogens is 1. The highest BCUT2D eigenvalue weighted by Gasteiger charge is 2.44. The van der Waals surface area contributed by atoms with E-state index in [0.717, 1.165) is 30.6 Å². The van der Waals surface area contributed by atoms with Crippen LogP contribution >= 0.6 is 0 Å². The summed E-state index contributed by atoms with van der Waals surface area (Å²) >= 11 is 0. The average Bonchev–Trinajstić information content (AvgIpc) is 2.78. The van der Waals surface area contributed by atoms with Gasteiger partial charge in [-0.3, -0.25) is 0 Å². The Bertz CT molecular complexity index is 979. The molecule has 0 unspecified atom stereocenters. The lowest BCUT2D eigenvalue weighted by molar-refractivity contribution is -0.0558. The molecule has 33 heavy (non-hydrogen) atoms. The molecule has 0 aliphatic heterocycles. The third-order valence-electron chi connectivity index (χ3n) is 6.93. The SMILES string of the molecule is CC(C)(C)C1(Oc2cc([S+](c3ccccc3)c3ccccc3)ccc2F)CCCCCCC1. The molecule has 3 aromatic carbocycles. The van der Waals surface area contributed by atoms with Crippen molar-refractivity contribution < 1.29 is 9.13 Å². The molecule has 0 N–H and O–H groups in total. The molecule has 174 valence electrons. The highest BCUT2D eigenvalue weighted by atomic mass is 32.2. The summed E-state index contributed by atoms with van der Waals surface area (Å²) in [4.78, 5) is 3.52. The van der Waals surface area contributed by atoms with Gasteiger partial charge in [-0.2, -0.15) is 0 Å². The van der Waals surface area contributed by atoms with Crippen LogP contribution in [-0.2, 0) is 10.9 Å². The van der Waals surface area contributed by atoms with Crippen molar-refractivity contribution in [1.29, 1.82) is 0 Å². The smallest absolute Gasteiger partial charge is 0.170 e. The number of benzene rings is 3. The van der Waals surface area contributed by atoms with Crippen LogP contribution in [0.25, 0.3) is 0 Å². The molecule has 1 nitrogen and oxygen atoms in total. The first-order chi connectivity index (χ1) is 15.9. The molecule has 1 fully saturated rings. The summed E-state index contributed by atoms with van der Waals surface area (Å²) in [5.41, 5.74) is -0.432. The van der Waals surface area contributed by atoms with Gasteiger partial charge in [0.25, 0.3) is 0 Å². The van der Waals surface area contributed by atoms with E-state index in [9.17, 15) is 0 Å². The summed E-state index contributed by atoms with van der Waals surface area (Å²) in [6.45, 7) is 6.73. The largest absolute Gasteiger partial charge is 0.483 e. The molecule has 0 saturated heterocycles. The zero-order chi connectivity index (χ0) is 23.3. The Morgan fingerprint density at radius 2 is 1.21 bits per heavy atom. The van der Waals surface area contributed by atoms with Crippen LogP contribution in [0, 0.1) is 11.2 Å². The van der Waals surface area contributed by atoms with Crippen LogP contribution in [-0.4, -0.2) is 5.60 Å². The van der Waals surface area contributed by atoms with Crippen LogP contribution in [0.4, 0.5) is 4.39 Å². The van der Waals surface area contributed by atoms with Crippen LogP contribution in [0.2, 0.25) is 0 Å². The lowest BCUT2D eigenvalue weighted by atomic mass is 9.69. The van der Waals surface area contributed by atoms with Gasteiger partial charge in [-0.1, -0.05) is 76.4 Å². The maximum atomic E-state index is 15.2. The van der Waals surface area contributed by atoms with Gasteiger partial charge >= 0.3 is 0 Å². The molecule has 1 aliphatic rings. The number of hydrogen-bond donors (Lipinski definition) is 0. The average molecular weight is 464 g/mol. The number of rotatable bonds is 5. The zero-order valence-electron chi connectivity index (χ0n) is 20.1. The van der Waals surface area contributed by atoms with Crippen LogP contribution in [0.1, 0.15) is 65.7 Å². The summed E-state index contributed by atoms with van der Waals surface area (Å²) in [5.74, 6) is 0.126. The Balaban J connectivity index is 1.76. The summed E-state index contributed by atoms with van der Waals surface area (Å²) in [5, 5.41) is 0. The Hall–Kier alpha value is -2.26. The summed E-state index contributed by atoms with van der Waals surface area (Å²) in [6, 6.07) is 26.5. The van der Waals surface area contributed by atoms with E-state index in [1.165, 1.54) is 29.1 Å². The minimum atomic E-state index is -0.356. The Morgan fingerprint density at radius 1 is 0.697 bits per heavy atom. The predicted octanol–water partition coefficient (Wildman–Crippen LogP) is 8.83. The maximum absolute atomic E-state index is 15.2. The lowest BCUT2D eigenvalue weighted by Gasteiger charge is -2.46. The van der Waals surface area contributed by atoms with Gasteiger partial charge in [-0.05, 0) is 62.1 Å².